The van der Waals surface area contributed by atoms with E-state index in [0.717, 1.165) is 6.54 Å². The van der Waals surface area contributed by atoms with Gasteiger partial charge in [0.1, 0.15) is 0 Å². The second-order valence-corrected chi connectivity index (χ2v) is 7.80. The van der Waals surface area contributed by atoms with Gasteiger partial charge in [0.15, 0.2) is 0 Å². The number of benzene rings is 1. The van der Waals surface area contributed by atoms with Crippen LogP contribution in [0.25, 0.3) is 0 Å². The lowest BCUT2D eigenvalue weighted by molar-refractivity contribution is 0.195. The minimum Gasteiger partial charge on any atom is -0.291 e. The van der Waals surface area contributed by atoms with Crippen molar-refractivity contribution >= 4 is 27.3 Å². The van der Waals surface area contributed by atoms with Crippen molar-refractivity contribution in [1.29, 1.82) is 0 Å². The molecule has 0 amide bonds. The first-order chi connectivity index (χ1) is 10.2. The quantitative estimate of drug-likeness (QED) is 0.652. The van der Waals surface area contributed by atoms with Gasteiger partial charge in [0.05, 0.1) is 0 Å². The third kappa shape index (κ3) is 3.77. The van der Waals surface area contributed by atoms with E-state index in [1.807, 2.05) is 11.3 Å². The molecule has 0 saturated carbocycles. The predicted octanol–water partition coefficient (Wildman–Crippen LogP) is 5.94. The lowest BCUT2D eigenvalue weighted by Gasteiger charge is -2.30. The van der Waals surface area contributed by atoms with E-state index < -0.39 is 0 Å². The molecule has 1 aromatic heterocycles. The number of hydrogen-bond acceptors (Lipinski definition) is 2. The highest BCUT2D eigenvalue weighted by molar-refractivity contribution is 9.10. The van der Waals surface area contributed by atoms with Crippen LogP contribution in [0.4, 0.5) is 0 Å². The van der Waals surface area contributed by atoms with Crippen molar-refractivity contribution < 1.29 is 0 Å². The lowest BCUT2D eigenvalue weighted by atomic mass is 10.0. The Morgan fingerprint density at radius 3 is 2.90 bits per heavy atom. The van der Waals surface area contributed by atoms with Gasteiger partial charge in [-0.2, -0.15) is 0 Å². The summed E-state index contributed by atoms with van der Waals surface area (Å²) in [5.74, 6) is 0. The van der Waals surface area contributed by atoms with Crippen molar-refractivity contribution in [2.45, 2.75) is 45.2 Å². The second-order valence-electron chi connectivity index (χ2n) is 5.93. The molecular formula is C18H22BrNS. The smallest absolute Gasteiger partial charge is 0.0447 e. The first kappa shape index (κ1) is 15.3. The highest BCUT2D eigenvalue weighted by Gasteiger charge is 2.24. The van der Waals surface area contributed by atoms with Crippen LogP contribution >= 0.6 is 27.3 Å². The Bertz CT molecular complexity index is 592. The van der Waals surface area contributed by atoms with E-state index in [9.17, 15) is 0 Å². The fourth-order valence-corrected chi connectivity index (χ4v) is 4.79. The molecule has 1 unspecified atom stereocenters. The van der Waals surface area contributed by atoms with Crippen LogP contribution in [-0.4, -0.2) is 11.4 Å². The van der Waals surface area contributed by atoms with Crippen LogP contribution in [0.15, 0.2) is 40.2 Å². The number of rotatable bonds is 3. The molecule has 1 atom stereocenters. The molecule has 2 heterocycles. The molecule has 1 fully saturated rings. The molecule has 3 heteroatoms. The number of likely N-dealkylation sites (tertiary alicyclic amines) is 1. The summed E-state index contributed by atoms with van der Waals surface area (Å²) in [6.45, 7) is 4.53. The summed E-state index contributed by atoms with van der Waals surface area (Å²) in [6, 6.07) is 11.6. The van der Waals surface area contributed by atoms with Crippen LogP contribution < -0.4 is 0 Å². The molecule has 1 aliphatic rings. The van der Waals surface area contributed by atoms with Crippen molar-refractivity contribution in [2.24, 2.45) is 0 Å². The lowest BCUT2D eigenvalue weighted by Crippen LogP contribution is -2.28. The van der Waals surface area contributed by atoms with E-state index in [4.69, 9.17) is 0 Å². The molecule has 1 aromatic carbocycles. The Morgan fingerprint density at radius 1 is 1.24 bits per heavy atom. The molecule has 0 N–H and O–H groups in total. The third-order valence-corrected chi connectivity index (χ3v) is 5.96. The topological polar surface area (TPSA) is 3.24 Å². The van der Waals surface area contributed by atoms with Gasteiger partial charge in [0, 0.05) is 21.9 Å². The van der Waals surface area contributed by atoms with E-state index in [2.05, 4.69) is 63.5 Å². The zero-order valence-corrected chi connectivity index (χ0v) is 14.9. The van der Waals surface area contributed by atoms with Gasteiger partial charge < -0.3 is 0 Å². The standard InChI is InChI=1S/C18H22BrNS/c1-14-9-11-21-18(14)17-8-3-2-4-10-20(17)13-15-6-5-7-16(19)12-15/h5-7,9,11-12,17H,2-4,8,10,13H2,1H3. The van der Waals surface area contributed by atoms with Crippen LogP contribution in [0.3, 0.4) is 0 Å². The monoisotopic (exact) mass is 363 g/mol. The molecule has 0 aliphatic carbocycles. The van der Waals surface area contributed by atoms with Gasteiger partial charge in [-0.3, -0.25) is 4.90 Å². The summed E-state index contributed by atoms with van der Waals surface area (Å²) >= 11 is 5.52. The van der Waals surface area contributed by atoms with Crippen molar-refractivity contribution in [2.75, 3.05) is 6.54 Å². The van der Waals surface area contributed by atoms with Crippen LogP contribution in [0.5, 0.6) is 0 Å². The molecule has 1 nitrogen and oxygen atoms in total. The number of hydrogen-bond donors (Lipinski definition) is 0. The molecule has 1 saturated heterocycles. The molecular weight excluding hydrogens is 342 g/mol. The Kier molecular flexibility index (Phi) is 5.15. The summed E-state index contributed by atoms with van der Waals surface area (Å²) in [4.78, 5) is 4.26. The minimum atomic E-state index is 0.603. The van der Waals surface area contributed by atoms with Gasteiger partial charge in [0.2, 0.25) is 0 Å². The fraction of sp³-hybridized carbons (Fsp3) is 0.444. The van der Waals surface area contributed by atoms with E-state index in [0.29, 0.717) is 6.04 Å². The molecule has 1 aliphatic heterocycles. The van der Waals surface area contributed by atoms with E-state index in [-0.39, 0.29) is 0 Å². The van der Waals surface area contributed by atoms with Crippen LogP contribution in [-0.2, 0) is 6.54 Å². The highest BCUT2D eigenvalue weighted by Crippen LogP contribution is 2.36. The van der Waals surface area contributed by atoms with Crippen LogP contribution in [0.1, 0.15) is 47.7 Å². The number of nitrogens with zero attached hydrogens (tertiary/aromatic N) is 1. The zero-order chi connectivity index (χ0) is 14.7. The van der Waals surface area contributed by atoms with Gasteiger partial charge in [-0.1, -0.05) is 40.9 Å². The first-order valence-corrected chi connectivity index (χ1v) is 9.44. The van der Waals surface area contributed by atoms with Gasteiger partial charge >= 0.3 is 0 Å². The summed E-state index contributed by atoms with van der Waals surface area (Å²) in [6.07, 6.45) is 5.36. The largest absolute Gasteiger partial charge is 0.291 e. The van der Waals surface area contributed by atoms with E-state index in [1.165, 1.54) is 47.8 Å². The van der Waals surface area contributed by atoms with E-state index in [1.54, 1.807) is 4.88 Å². The fourth-order valence-electron chi connectivity index (χ4n) is 3.25. The predicted molar refractivity (Wildman–Crippen MR) is 94.8 cm³/mol. The Labute approximate surface area is 140 Å². The zero-order valence-electron chi connectivity index (χ0n) is 12.5. The van der Waals surface area contributed by atoms with Crippen LogP contribution in [0, 0.1) is 6.92 Å². The minimum absolute atomic E-state index is 0.603. The second kappa shape index (κ2) is 7.08. The van der Waals surface area contributed by atoms with Crippen molar-refractivity contribution in [1.82, 2.24) is 4.90 Å². The van der Waals surface area contributed by atoms with Crippen molar-refractivity contribution in [3.8, 4) is 0 Å². The van der Waals surface area contributed by atoms with Crippen LogP contribution in [0.2, 0.25) is 0 Å². The molecule has 0 bridgehead atoms. The summed E-state index contributed by atoms with van der Waals surface area (Å²) in [5, 5.41) is 2.24. The molecule has 0 radical (unpaired) electrons. The van der Waals surface area contributed by atoms with Gasteiger partial charge in [-0.15, -0.1) is 11.3 Å². The van der Waals surface area contributed by atoms with Gasteiger partial charge in [-0.05, 0) is 61.0 Å². The average molecular weight is 364 g/mol. The molecule has 3 rings (SSSR count). The number of halogens is 1. The summed E-state index contributed by atoms with van der Waals surface area (Å²) in [5.41, 5.74) is 2.87. The maximum Gasteiger partial charge on any atom is 0.0447 e. The third-order valence-electron chi connectivity index (χ3n) is 4.34. The molecule has 0 spiro atoms. The Balaban J connectivity index is 1.84. The Hall–Kier alpha value is -0.640. The maximum atomic E-state index is 3.59. The van der Waals surface area contributed by atoms with Gasteiger partial charge in [-0.25, -0.2) is 0 Å². The normalized spacial score (nSPS) is 20.4. The van der Waals surface area contributed by atoms with Crippen molar-refractivity contribution in [3.05, 3.63) is 56.2 Å². The molecule has 2 aromatic rings. The van der Waals surface area contributed by atoms with Gasteiger partial charge in [0.25, 0.3) is 0 Å². The highest BCUT2D eigenvalue weighted by atomic mass is 79.9. The molecule has 21 heavy (non-hydrogen) atoms. The molecule has 112 valence electrons. The average Bonchev–Trinajstić information content (AvgIpc) is 2.75. The maximum absolute atomic E-state index is 3.59. The summed E-state index contributed by atoms with van der Waals surface area (Å²) in [7, 11) is 0. The SMILES string of the molecule is Cc1ccsc1C1CCCCCN1Cc1cccc(Br)c1. The Morgan fingerprint density at radius 2 is 2.14 bits per heavy atom. The summed E-state index contributed by atoms with van der Waals surface area (Å²) < 4.78 is 1.18. The van der Waals surface area contributed by atoms with Crippen molar-refractivity contribution in [3.63, 3.8) is 0 Å². The van der Waals surface area contributed by atoms with E-state index >= 15 is 0 Å². The first-order valence-electron chi connectivity index (χ1n) is 7.76. The number of aryl methyl sites for hydroxylation is 1. The number of thiophene rings is 1.